The quantitative estimate of drug-likeness (QED) is 0.893. The van der Waals surface area contributed by atoms with E-state index in [2.05, 4.69) is 36.2 Å². The maximum atomic E-state index is 5.93. The summed E-state index contributed by atoms with van der Waals surface area (Å²) in [5.74, 6) is 0.450. The Hall–Kier alpha value is -1.85. The SMILES string of the molecule is CCC(C)(C)Cn1nnc(N)c1-c1ccnn1C. The third kappa shape index (κ3) is 2.23. The molecule has 2 heterocycles. The minimum absolute atomic E-state index is 0.160. The van der Waals surface area contributed by atoms with Crippen LogP contribution in [0.1, 0.15) is 27.2 Å². The highest BCUT2D eigenvalue weighted by Gasteiger charge is 2.22. The summed E-state index contributed by atoms with van der Waals surface area (Å²) in [6.45, 7) is 7.37. The number of hydrogen-bond donors (Lipinski definition) is 1. The van der Waals surface area contributed by atoms with Gasteiger partial charge in [0.2, 0.25) is 0 Å². The molecule has 6 heteroatoms. The van der Waals surface area contributed by atoms with Gasteiger partial charge in [0.25, 0.3) is 0 Å². The molecule has 6 nitrogen and oxygen atoms in total. The molecule has 0 bridgehead atoms. The molecule has 0 fully saturated rings. The normalized spacial score (nSPS) is 12.0. The Morgan fingerprint density at radius 1 is 1.39 bits per heavy atom. The van der Waals surface area contributed by atoms with Gasteiger partial charge in [0.1, 0.15) is 5.69 Å². The van der Waals surface area contributed by atoms with Crippen LogP contribution in [0.15, 0.2) is 12.3 Å². The van der Waals surface area contributed by atoms with Crippen LogP contribution in [-0.2, 0) is 13.6 Å². The molecule has 0 amide bonds. The molecule has 18 heavy (non-hydrogen) atoms. The van der Waals surface area contributed by atoms with Crippen LogP contribution in [0.3, 0.4) is 0 Å². The van der Waals surface area contributed by atoms with E-state index in [0.717, 1.165) is 24.4 Å². The van der Waals surface area contributed by atoms with Crippen LogP contribution in [0.25, 0.3) is 11.4 Å². The van der Waals surface area contributed by atoms with Crippen molar-refractivity contribution in [2.45, 2.75) is 33.7 Å². The van der Waals surface area contributed by atoms with Crippen molar-refractivity contribution in [2.24, 2.45) is 12.5 Å². The summed E-state index contributed by atoms with van der Waals surface area (Å²) in [4.78, 5) is 0. The van der Waals surface area contributed by atoms with Crippen molar-refractivity contribution < 1.29 is 0 Å². The molecule has 0 saturated heterocycles. The second-order valence-electron chi connectivity index (χ2n) is 5.34. The Bertz CT molecular complexity index is 537. The summed E-state index contributed by atoms with van der Waals surface area (Å²) < 4.78 is 3.65. The predicted molar refractivity (Wildman–Crippen MR) is 70.7 cm³/mol. The first-order valence-corrected chi connectivity index (χ1v) is 6.12. The van der Waals surface area contributed by atoms with Crippen LogP contribution in [0, 0.1) is 5.41 Å². The highest BCUT2D eigenvalue weighted by molar-refractivity contribution is 5.66. The van der Waals surface area contributed by atoms with E-state index in [-0.39, 0.29) is 5.41 Å². The van der Waals surface area contributed by atoms with Crippen molar-refractivity contribution in [2.75, 3.05) is 5.73 Å². The first-order chi connectivity index (χ1) is 8.44. The van der Waals surface area contributed by atoms with Gasteiger partial charge < -0.3 is 5.73 Å². The molecule has 2 aromatic heterocycles. The van der Waals surface area contributed by atoms with Crippen LogP contribution in [0.4, 0.5) is 5.82 Å². The summed E-state index contributed by atoms with van der Waals surface area (Å²) in [5, 5.41) is 12.3. The van der Waals surface area contributed by atoms with Crippen molar-refractivity contribution >= 4 is 5.82 Å². The van der Waals surface area contributed by atoms with Gasteiger partial charge in [-0.1, -0.05) is 26.0 Å². The Kier molecular flexibility index (Phi) is 3.11. The zero-order valence-electron chi connectivity index (χ0n) is 11.4. The monoisotopic (exact) mass is 248 g/mol. The van der Waals surface area contributed by atoms with Crippen LogP contribution >= 0.6 is 0 Å². The zero-order chi connectivity index (χ0) is 13.3. The van der Waals surface area contributed by atoms with Gasteiger partial charge in [0.05, 0.1) is 5.69 Å². The average Bonchev–Trinajstić information content (AvgIpc) is 2.86. The molecule has 0 spiro atoms. The van der Waals surface area contributed by atoms with Gasteiger partial charge in [0, 0.05) is 19.8 Å². The predicted octanol–water partition coefficient (Wildman–Crippen LogP) is 1.70. The maximum absolute atomic E-state index is 5.93. The number of rotatable bonds is 4. The van der Waals surface area contributed by atoms with Gasteiger partial charge in [-0.2, -0.15) is 5.10 Å². The molecular formula is C12H20N6. The van der Waals surface area contributed by atoms with E-state index in [1.807, 2.05) is 17.8 Å². The highest BCUT2D eigenvalue weighted by Crippen LogP contribution is 2.28. The van der Waals surface area contributed by atoms with Crippen molar-refractivity contribution in [3.8, 4) is 11.4 Å². The summed E-state index contributed by atoms with van der Waals surface area (Å²) in [6.07, 6.45) is 2.81. The zero-order valence-corrected chi connectivity index (χ0v) is 11.4. The van der Waals surface area contributed by atoms with Crippen molar-refractivity contribution in [3.05, 3.63) is 12.3 Å². The minimum atomic E-state index is 0.160. The largest absolute Gasteiger partial charge is 0.380 e. The highest BCUT2D eigenvalue weighted by atomic mass is 15.5. The number of nitrogens with zero attached hydrogens (tertiary/aromatic N) is 5. The van der Waals surface area contributed by atoms with Crippen LogP contribution < -0.4 is 5.73 Å². The fourth-order valence-corrected chi connectivity index (χ4v) is 1.82. The molecule has 0 saturated carbocycles. The molecule has 0 radical (unpaired) electrons. The molecular weight excluding hydrogens is 228 g/mol. The van der Waals surface area contributed by atoms with E-state index < -0.39 is 0 Å². The first kappa shape index (κ1) is 12.6. The fourth-order valence-electron chi connectivity index (χ4n) is 1.82. The third-order valence-corrected chi connectivity index (χ3v) is 3.36. The lowest BCUT2D eigenvalue weighted by molar-refractivity contribution is 0.279. The summed E-state index contributed by atoms with van der Waals surface area (Å²) in [6, 6.07) is 1.92. The lowest BCUT2D eigenvalue weighted by Gasteiger charge is -2.23. The number of nitrogens with two attached hydrogens (primary N) is 1. The van der Waals surface area contributed by atoms with Crippen molar-refractivity contribution in [3.63, 3.8) is 0 Å². The van der Waals surface area contributed by atoms with Crippen LogP contribution in [0.5, 0.6) is 0 Å². The van der Waals surface area contributed by atoms with Crippen molar-refractivity contribution in [1.29, 1.82) is 0 Å². The van der Waals surface area contributed by atoms with E-state index in [9.17, 15) is 0 Å². The Morgan fingerprint density at radius 3 is 2.67 bits per heavy atom. The molecule has 0 unspecified atom stereocenters. The van der Waals surface area contributed by atoms with E-state index in [0.29, 0.717) is 5.82 Å². The minimum Gasteiger partial charge on any atom is -0.380 e. The van der Waals surface area contributed by atoms with Crippen LogP contribution in [0.2, 0.25) is 0 Å². The smallest absolute Gasteiger partial charge is 0.175 e. The van der Waals surface area contributed by atoms with Crippen molar-refractivity contribution in [1.82, 2.24) is 24.8 Å². The molecule has 2 rings (SSSR count). The molecule has 2 aromatic rings. The summed E-state index contributed by atoms with van der Waals surface area (Å²) in [7, 11) is 1.89. The molecule has 0 aromatic carbocycles. The number of aryl methyl sites for hydroxylation is 1. The average molecular weight is 248 g/mol. The lowest BCUT2D eigenvalue weighted by atomic mass is 9.90. The first-order valence-electron chi connectivity index (χ1n) is 6.12. The Labute approximate surface area is 107 Å². The Morgan fingerprint density at radius 2 is 2.11 bits per heavy atom. The second-order valence-corrected chi connectivity index (χ2v) is 5.34. The summed E-state index contributed by atoms with van der Waals surface area (Å²) >= 11 is 0. The number of nitrogen functional groups attached to an aromatic ring is 1. The number of anilines is 1. The summed E-state index contributed by atoms with van der Waals surface area (Å²) in [5.41, 5.74) is 7.87. The van der Waals surface area contributed by atoms with Gasteiger partial charge in [-0.25, -0.2) is 4.68 Å². The standard InChI is InChI=1S/C12H20N6/c1-5-12(2,3)8-18-10(11(13)15-16-18)9-6-7-14-17(9)4/h6-7H,5,8,13H2,1-4H3. The molecule has 2 N–H and O–H groups in total. The molecule has 0 aliphatic rings. The van der Waals surface area contributed by atoms with Gasteiger partial charge >= 0.3 is 0 Å². The van der Waals surface area contributed by atoms with Crippen LogP contribution in [-0.4, -0.2) is 24.8 Å². The molecule has 0 atom stereocenters. The Balaban J connectivity index is 2.43. The third-order valence-electron chi connectivity index (χ3n) is 3.36. The van der Waals surface area contributed by atoms with Gasteiger partial charge in [-0.15, -0.1) is 5.10 Å². The van der Waals surface area contributed by atoms with E-state index >= 15 is 0 Å². The van der Waals surface area contributed by atoms with E-state index in [1.165, 1.54) is 0 Å². The topological polar surface area (TPSA) is 74.6 Å². The molecule has 0 aliphatic heterocycles. The van der Waals surface area contributed by atoms with Gasteiger partial charge in [-0.3, -0.25) is 4.68 Å². The maximum Gasteiger partial charge on any atom is 0.175 e. The molecule has 0 aliphatic carbocycles. The van der Waals surface area contributed by atoms with E-state index in [1.54, 1.807) is 10.9 Å². The van der Waals surface area contributed by atoms with E-state index in [4.69, 9.17) is 5.73 Å². The van der Waals surface area contributed by atoms with Gasteiger partial charge in [0.15, 0.2) is 5.82 Å². The lowest BCUT2D eigenvalue weighted by Crippen LogP contribution is -2.20. The molecule has 98 valence electrons. The van der Waals surface area contributed by atoms with Gasteiger partial charge in [-0.05, 0) is 17.9 Å². The fraction of sp³-hybridized carbons (Fsp3) is 0.583. The number of hydrogen-bond acceptors (Lipinski definition) is 4. The second kappa shape index (κ2) is 4.44. The number of aromatic nitrogens is 5.